The zero-order valence-corrected chi connectivity index (χ0v) is 9.45. The molecule has 0 atom stereocenters. The zero-order valence-electron chi connectivity index (χ0n) is 9.45. The molecule has 1 aliphatic heterocycles. The van der Waals surface area contributed by atoms with E-state index in [0.29, 0.717) is 0 Å². The third-order valence-electron chi connectivity index (χ3n) is 2.81. The van der Waals surface area contributed by atoms with Gasteiger partial charge in [0, 0.05) is 38.8 Å². The van der Waals surface area contributed by atoms with Gasteiger partial charge in [-0.15, -0.1) is 0 Å². The molecule has 0 radical (unpaired) electrons. The van der Waals surface area contributed by atoms with Crippen LogP contribution in [0.5, 0.6) is 0 Å². The van der Waals surface area contributed by atoms with Crippen LogP contribution in [0.3, 0.4) is 0 Å². The van der Waals surface area contributed by atoms with Gasteiger partial charge in [-0.1, -0.05) is 0 Å². The summed E-state index contributed by atoms with van der Waals surface area (Å²) >= 11 is 0. The summed E-state index contributed by atoms with van der Waals surface area (Å²) in [6.45, 7) is 5.23. The van der Waals surface area contributed by atoms with Crippen molar-refractivity contribution in [1.29, 1.82) is 0 Å². The van der Waals surface area contributed by atoms with Gasteiger partial charge in [0.05, 0.1) is 5.69 Å². The predicted molar refractivity (Wildman–Crippen MR) is 61.1 cm³/mol. The van der Waals surface area contributed by atoms with Crippen LogP contribution >= 0.6 is 0 Å². The molecule has 0 amide bonds. The first kappa shape index (κ1) is 10.4. The Morgan fingerprint density at radius 2 is 2.13 bits per heavy atom. The number of H-pyrrole nitrogens is 1. The third-order valence-corrected chi connectivity index (χ3v) is 2.81. The van der Waals surface area contributed by atoms with E-state index in [2.05, 4.69) is 38.4 Å². The summed E-state index contributed by atoms with van der Waals surface area (Å²) in [5, 5.41) is 10.5. The highest BCUT2D eigenvalue weighted by Gasteiger charge is 2.16. The molecule has 0 spiro atoms. The molecule has 2 rings (SSSR count). The highest BCUT2D eigenvalue weighted by atomic mass is 15.3. The number of anilines is 1. The van der Waals surface area contributed by atoms with Crippen molar-refractivity contribution in [2.45, 2.75) is 6.54 Å². The molecular formula is C10H19N5. The number of rotatable bonds is 3. The van der Waals surface area contributed by atoms with Crippen molar-refractivity contribution in [3.8, 4) is 0 Å². The molecular weight excluding hydrogens is 190 g/mol. The van der Waals surface area contributed by atoms with Crippen molar-refractivity contribution < 1.29 is 0 Å². The van der Waals surface area contributed by atoms with Crippen molar-refractivity contribution in [3.05, 3.63) is 11.8 Å². The maximum absolute atomic E-state index is 4.33. The van der Waals surface area contributed by atoms with Crippen LogP contribution in [0.4, 0.5) is 5.82 Å². The van der Waals surface area contributed by atoms with Crippen molar-refractivity contribution in [2.75, 3.05) is 45.2 Å². The quantitative estimate of drug-likeness (QED) is 0.728. The van der Waals surface area contributed by atoms with Crippen molar-refractivity contribution in [3.63, 3.8) is 0 Å². The number of hydrogen-bond donors (Lipinski definition) is 2. The van der Waals surface area contributed by atoms with Crippen LogP contribution in [-0.2, 0) is 6.54 Å². The molecule has 0 aromatic carbocycles. The maximum atomic E-state index is 4.33. The van der Waals surface area contributed by atoms with Crippen LogP contribution in [0.2, 0.25) is 0 Å². The first-order valence-electron chi connectivity index (χ1n) is 5.42. The first-order valence-corrected chi connectivity index (χ1v) is 5.42. The Morgan fingerprint density at radius 1 is 1.40 bits per heavy atom. The molecule has 15 heavy (non-hydrogen) atoms. The number of likely N-dealkylation sites (N-methyl/N-ethyl adjacent to an activating group) is 1. The van der Waals surface area contributed by atoms with E-state index in [4.69, 9.17) is 0 Å². The van der Waals surface area contributed by atoms with Crippen LogP contribution in [-0.4, -0.2) is 55.4 Å². The fraction of sp³-hybridized carbons (Fsp3) is 0.700. The molecule has 2 heterocycles. The number of piperazine rings is 1. The van der Waals surface area contributed by atoms with Gasteiger partial charge >= 0.3 is 0 Å². The van der Waals surface area contributed by atoms with E-state index in [-0.39, 0.29) is 0 Å². The second-order valence-electron chi connectivity index (χ2n) is 4.07. The van der Waals surface area contributed by atoms with Crippen LogP contribution in [0, 0.1) is 0 Å². The normalized spacial score (nSPS) is 18.4. The topological polar surface area (TPSA) is 47.2 Å². The molecule has 0 bridgehead atoms. The largest absolute Gasteiger partial charge is 0.353 e. The number of hydrogen-bond acceptors (Lipinski definition) is 4. The van der Waals surface area contributed by atoms with E-state index < -0.39 is 0 Å². The van der Waals surface area contributed by atoms with Gasteiger partial charge in [0.2, 0.25) is 0 Å². The summed E-state index contributed by atoms with van der Waals surface area (Å²) in [7, 11) is 4.10. The highest BCUT2D eigenvalue weighted by molar-refractivity contribution is 5.39. The van der Waals surface area contributed by atoms with Gasteiger partial charge < -0.3 is 15.1 Å². The van der Waals surface area contributed by atoms with E-state index in [1.807, 2.05) is 7.05 Å². The predicted octanol–water partition coefficient (Wildman–Crippen LogP) is -0.119. The number of nitrogens with one attached hydrogen (secondary N) is 2. The van der Waals surface area contributed by atoms with Crippen LogP contribution in [0.15, 0.2) is 6.07 Å². The molecule has 2 N–H and O–H groups in total. The Labute approximate surface area is 90.4 Å². The van der Waals surface area contributed by atoms with Crippen molar-refractivity contribution in [1.82, 2.24) is 20.4 Å². The molecule has 84 valence electrons. The standard InChI is InChI=1S/C10H19N5/c1-11-8-9-7-10(13-12-9)15-5-3-14(2)4-6-15/h7,11H,3-6,8H2,1-2H3,(H,12,13). The lowest BCUT2D eigenvalue weighted by Gasteiger charge is -2.32. The molecule has 1 aromatic rings. The second kappa shape index (κ2) is 4.63. The summed E-state index contributed by atoms with van der Waals surface area (Å²) in [5.41, 5.74) is 1.14. The molecule has 0 unspecified atom stereocenters. The van der Waals surface area contributed by atoms with Crippen LogP contribution in [0.1, 0.15) is 5.69 Å². The fourth-order valence-electron chi connectivity index (χ4n) is 1.83. The molecule has 0 saturated carbocycles. The van der Waals surface area contributed by atoms with E-state index in [9.17, 15) is 0 Å². The third kappa shape index (κ3) is 2.49. The monoisotopic (exact) mass is 209 g/mol. The van der Waals surface area contributed by atoms with Crippen LogP contribution in [0.25, 0.3) is 0 Å². The first-order chi connectivity index (χ1) is 7.29. The van der Waals surface area contributed by atoms with E-state index in [1.165, 1.54) is 0 Å². The summed E-state index contributed by atoms with van der Waals surface area (Å²) in [6.07, 6.45) is 0. The molecule has 1 aliphatic rings. The van der Waals surface area contributed by atoms with E-state index in [1.54, 1.807) is 0 Å². The Kier molecular flexibility index (Phi) is 3.23. The fourth-order valence-corrected chi connectivity index (χ4v) is 1.83. The minimum absolute atomic E-state index is 0.848. The Hall–Kier alpha value is -1.07. The summed E-state index contributed by atoms with van der Waals surface area (Å²) in [6, 6.07) is 2.13. The second-order valence-corrected chi connectivity index (χ2v) is 4.07. The Morgan fingerprint density at radius 3 is 2.80 bits per heavy atom. The highest BCUT2D eigenvalue weighted by Crippen LogP contribution is 2.13. The lowest BCUT2D eigenvalue weighted by molar-refractivity contribution is 0.312. The molecule has 5 heteroatoms. The van der Waals surface area contributed by atoms with Gasteiger partial charge in [0.25, 0.3) is 0 Å². The lowest BCUT2D eigenvalue weighted by atomic mass is 10.3. The van der Waals surface area contributed by atoms with Gasteiger partial charge in [-0.2, -0.15) is 5.10 Å². The number of aromatic nitrogens is 2. The lowest BCUT2D eigenvalue weighted by Crippen LogP contribution is -2.44. The van der Waals surface area contributed by atoms with Crippen LogP contribution < -0.4 is 10.2 Å². The summed E-state index contributed by atoms with van der Waals surface area (Å²) < 4.78 is 0. The minimum atomic E-state index is 0.848. The molecule has 1 fully saturated rings. The summed E-state index contributed by atoms with van der Waals surface area (Å²) in [4.78, 5) is 4.67. The number of nitrogens with zero attached hydrogens (tertiary/aromatic N) is 3. The molecule has 5 nitrogen and oxygen atoms in total. The maximum Gasteiger partial charge on any atom is 0.150 e. The minimum Gasteiger partial charge on any atom is -0.353 e. The molecule has 1 aromatic heterocycles. The zero-order chi connectivity index (χ0) is 10.7. The van der Waals surface area contributed by atoms with Gasteiger partial charge in [0.1, 0.15) is 0 Å². The molecule has 0 aliphatic carbocycles. The van der Waals surface area contributed by atoms with Gasteiger partial charge in [-0.3, -0.25) is 5.10 Å². The smallest absolute Gasteiger partial charge is 0.150 e. The van der Waals surface area contributed by atoms with Gasteiger partial charge in [-0.05, 0) is 14.1 Å². The average molecular weight is 209 g/mol. The Balaban J connectivity index is 1.96. The Bertz CT molecular complexity index is 301. The van der Waals surface area contributed by atoms with Gasteiger partial charge in [-0.25, -0.2) is 0 Å². The van der Waals surface area contributed by atoms with Gasteiger partial charge in [0.15, 0.2) is 5.82 Å². The van der Waals surface area contributed by atoms with Crippen molar-refractivity contribution in [2.24, 2.45) is 0 Å². The molecule has 1 saturated heterocycles. The summed E-state index contributed by atoms with van der Waals surface area (Å²) in [5.74, 6) is 1.08. The SMILES string of the molecule is CNCc1cc(N2CCN(C)CC2)n[nH]1. The average Bonchev–Trinajstić information content (AvgIpc) is 2.68. The van der Waals surface area contributed by atoms with Crippen molar-refractivity contribution >= 4 is 5.82 Å². The number of aromatic amines is 1. The van der Waals surface area contributed by atoms with E-state index in [0.717, 1.165) is 44.2 Å². The van der Waals surface area contributed by atoms with E-state index >= 15 is 0 Å².